The molecule has 0 bridgehead atoms. The Hall–Kier alpha value is -2.40. The van der Waals surface area contributed by atoms with E-state index in [0.29, 0.717) is 23.8 Å². The third-order valence-electron chi connectivity index (χ3n) is 7.66. The molecule has 1 N–H and O–H groups in total. The third-order valence-corrected chi connectivity index (χ3v) is 7.91. The number of hydrogen-bond donors (Lipinski definition) is 1. The molecular formula is C25H26ClFN2O2. The number of nitrogens with zero attached hydrogens (tertiary/aromatic N) is 1. The Bertz CT molecular complexity index is 1010. The second-order valence-electron chi connectivity index (χ2n) is 9.35. The number of benzene rings is 2. The van der Waals surface area contributed by atoms with Gasteiger partial charge in [0.1, 0.15) is 5.82 Å². The molecule has 1 saturated heterocycles. The van der Waals surface area contributed by atoms with Crippen LogP contribution in [0.15, 0.2) is 48.5 Å². The zero-order valence-electron chi connectivity index (χ0n) is 17.4. The Morgan fingerprint density at radius 2 is 1.74 bits per heavy atom. The molecule has 2 aliphatic carbocycles. The molecule has 1 atom stereocenters. The van der Waals surface area contributed by atoms with Crippen LogP contribution in [-0.2, 0) is 15.0 Å². The molecule has 4 nitrogen and oxygen atoms in total. The number of carbonyl (C=O) groups excluding carboxylic acids is 2. The largest absolute Gasteiger partial charge is 0.342 e. The minimum atomic E-state index is -0.410. The molecule has 2 saturated carbocycles. The number of carbonyl (C=O) groups is 2. The molecule has 2 aromatic rings. The zero-order chi connectivity index (χ0) is 21.6. The van der Waals surface area contributed by atoms with Crippen LogP contribution >= 0.6 is 11.6 Å². The van der Waals surface area contributed by atoms with Crippen molar-refractivity contribution in [3.05, 3.63) is 64.9 Å². The van der Waals surface area contributed by atoms with Crippen LogP contribution in [0.5, 0.6) is 0 Å². The van der Waals surface area contributed by atoms with E-state index in [0.717, 1.165) is 44.1 Å². The van der Waals surface area contributed by atoms with Gasteiger partial charge in [-0.05, 0) is 73.4 Å². The van der Waals surface area contributed by atoms with Gasteiger partial charge in [-0.25, -0.2) is 4.39 Å². The number of piperidine rings is 1. The van der Waals surface area contributed by atoms with Crippen molar-refractivity contribution in [1.82, 2.24) is 4.90 Å². The highest BCUT2D eigenvalue weighted by Gasteiger charge is 2.59. The van der Waals surface area contributed by atoms with Gasteiger partial charge in [0.05, 0.1) is 5.41 Å². The molecule has 3 aliphatic rings. The highest BCUT2D eigenvalue weighted by molar-refractivity contribution is 6.30. The lowest BCUT2D eigenvalue weighted by atomic mass is 9.63. The summed E-state index contributed by atoms with van der Waals surface area (Å²) in [6.45, 7) is 1.38. The topological polar surface area (TPSA) is 49.4 Å². The molecule has 1 unspecified atom stereocenters. The van der Waals surface area contributed by atoms with Gasteiger partial charge in [-0.15, -0.1) is 0 Å². The van der Waals surface area contributed by atoms with Crippen molar-refractivity contribution in [3.63, 3.8) is 0 Å². The lowest BCUT2D eigenvalue weighted by Crippen LogP contribution is -2.53. The summed E-state index contributed by atoms with van der Waals surface area (Å²) in [6.07, 6.45) is 5.36. The van der Waals surface area contributed by atoms with Gasteiger partial charge in [0.15, 0.2) is 0 Å². The predicted molar refractivity (Wildman–Crippen MR) is 118 cm³/mol. The summed E-state index contributed by atoms with van der Waals surface area (Å²) in [5, 5.41) is 3.53. The summed E-state index contributed by atoms with van der Waals surface area (Å²) < 4.78 is 13.4. The summed E-state index contributed by atoms with van der Waals surface area (Å²) in [5.74, 6) is -0.234. The molecule has 1 heterocycles. The van der Waals surface area contributed by atoms with Gasteiger partial charge in [-0.2, -0.15) is 0 Å². The minimum Gasteiger partial charge on any atom is -0.342 e. The van der Waals surface area contributed by atoms with Gasteiger partial charge >= 0.3 is 0 Å². The first kappa shape index (κ1) is 20.5. The second-order valence-corrected chi connectivity index (χ2v) is 9.79. The summed E-state index contributed by atoms with van der Waals surface area (Å²) >= 11 is 6.04. The van der Waals surface area contributed by atoms with Crippen LogP contribution in [0.4, 0.5) is 10.1 Å². The first-order chi connectivity index (χ1) is 14.9. The fourth-order valence-corrected chi connectivity index (χ4v) is 5.58. The average Bonchev–Trinajstić information content (AvgIpc) is 3.42. The average molecular weight is 441 g/mol. The zero-order valence-corrected chi connectivity index (χ0v) is 18.1. The Morgan fingerprint density at radius 1 is 1.03 bits per heavy atom. The highest BCUT2D eigenvalue weighted by Crippen LogP contribution is 2.60. The Morgan fingerprint density at radius 3 is 2.35 bits per heavy atom. The van der Waals surface area contributed by atoms with Crippen LogP contribution in [0, 0.1) is 17.2 Å². The molecule has 31 heavy (non-hydrogen) atoms. The van der Waals surface area contributed by atoms with Crippen LogP contribution in [0.25, 0.3) is 0 Å². The van der Waals surface area contributed by atoms with E-state index in [1.807, 2.05) is 29.2 Å². The Labute approximate surface area is 186 Å². The van der Waals surface area contributed by atoms with E-state index in [4.69, 9.17) is 11.6 Å². The van der Waals surface area contributed by atoms with Crippen molar-refractivity contribution in [2.75, 3.05) is 18.4 Å². The summed E-state index contributed by atoms with van der Waals surface area (Å²) in [6, 6.07) is 13.7. The molecule has 0 aromatic heterocycles. The molecule has 2 amide bonds. The number of likely N-dealkylation sites (tertiary alicyclic amines) is 1. The van der Waals surface area contributed by atoms with Crippen LogP contribution in [0.1, 0.15) is 44.1 Å². The van der Waals surface area contributed by atoms with Gasteiger partial charge in [0.2, 0.25) is 11.8 Å². The highest BCUT2D eigenvalue weighted by atomic mass is 35.5. The van der Waals surface area contributed by atoms with Gasteiger partial charge in [-0.1, -0.05) is 36.2 Å². The van der Waals surface area contributed by atoms with Crippen molar-refractivity contribution in [3.8, 4) is 0 Å². The third kappa shape index (κ3) is 3.63. The molecule has 1 spiro atoms. The molecular weight excluding hydrogens is 415 g/mol. The van der Waals surface area contributed by atoms with Gasteiger partial charge < -0.3 is 10.2 Å². The SMILES string of the molecule is O=C(Nc1cccc(F)c1)C1CC12CCN(C(=O)C1(c3ccc(Cl)cc3)CCC1)CC2. The lowest BCUT2D eigenvalue weighted by molar-refractivity contribution is -0.142. The number of hydrogen-bond acceptors (Lipinski definition) is 2. The van der Waals surface area contributed by atoms with E-state index in [-0.39, 0.29) is 29.0 Å². The van der Waals surface area contributed by atoms with E-state index in [1.165, 1.54) is 12.1 Å². The van der Waals surface area contributed by atoms with E-state index in [1.54, 1.807) is 12.1 Å². The van der Waals surface area contributed by atoms with Crippen molar-refractivity contribution >= 4 is 29.1 Å². The first-order valence-electron chi connectivity index (χ1n) is 11.0. The predicted octanol–water partition coefficient (Wildman–Crippen LogP) is 5.17. The minimum absolute atomic E-state index is 0.0127. The molecule has 6 heteroatoms. The van der Waals surface area contributed by atoms with Crippen molar-refractivity contribution in [2.24, 2.45) is 11.3 Å². The first-order valence-corrected chi connectivity index (χ1v) is 11.4. The number of anilines is 1. The quantitative estimate of drug-likeness (QED) is 0.713. The van der Waals surface area contributed by atoms with Crippen molar-refractivity contribution < 1.29 is 14.0 Å². The van der Waals surface area contributed by atoms with E-state index < -0.39 is 5.41 Å². The van der Waals surface area contributed by atoms with Gasteiger partial charge in [-0.3, -0.25) is 9.59 Å². The maximum absolute atomic E-state index is 13.5. The van der Waals surface area contributed by atoms with E-state index in [9.17, 15) is 14.0 Å². The second kappa shape index (κ2) is 7.63. The summed E-state index contributed by atoms with van der Waals surface area (Å²) in [7, 11) is 0. The normalized spacial score (nSPS) is 23.2. The van der Waals surface area contributed by atoms with Gasteiger partial charge in [0.25, 0.3) is 0 Å². The molecule has 2 aromatic carbocycles. The number of rotatable bonds is 4. The lowest BCUT2D eigenvalue weighted by Gasteiger charge is -2.46. The molecule has 1 aliphatic heterocycles. The van der Waals surface area contributed by atoms with Crippen molar-refractivity contribution in [2.45, 2.75) is 43.9 Å². The fraction of sp³-hybridized carbons (Fsp3) is 0.440. The van der Waals surface area contributed by atoms with Crippen LogP contribution in [0.3, 0.4) is 0 Å². The molecule has 5 rings (SSSR count). The molecule has 162 valence electrons. The van der Waals surface area contributed by atoms with Gasteiger partial charge in [0, 0.05) is 29.7 Å². The monoisotopic (exact) mass is 440 g/mol. The van der Waals surface area contributed by atoms with Crippen LogP contribution < -0.4 is 5.32 Å². The van der Waals surface area contributed by atoms with Crippen LogP contribution in [0.2, 0.25) is 5.02 Å². The van der Waals surface area contributed by atoms with Crippen LogP contribution in [-0.4, -0.2) is 29.8 Å². The maximum atomic E-state index is 13.5. The standard InChI is InChI=1S/C25H26ClFN2O2/c26-18-7-5-17(6-8-18)25(9-2-10-25)23(31)29-13-11-24(12-14-29)16-21(24)22(30)28-20-4-1-3-19(27)15-20/h1,3-8,15,21H,2,9-14,16H2,(H,28,30). The Kier molecular flexibility index (Phi) is 5.04. The number of amides is 2. The fourth-order valence-electron chi connectivity index (χ4n) is 5.45. The number of nitrogens with one attached hydrogen (secondary N) is 1. The van der Waals surface area contributed by atoms with Crippen molar-refractivity contribution in [1.29, 1.82) is 0 Å². The Balaban J connectivity index is 1.21. The summed E-state index contributed by atoms with van der Waals surface area (Å²) in [5.41, 5.74) is 1.13. The smallest absolute Gasteiger partial charge is 0.233 e. The van der Waals surface area contributed by atoms with E-state index >= 15 is 0 Å². The van der Waals surface area contributed by atoms with E-state index in [2.05, 4.69) is 5.32 Å². The molecule has 0 radical (unpaired) electrons. The molecule has 3 fully saturated rings. The number of halogens is 2. The maximum Gasteiger partial charge on any atom is 0.233 e. The summed E-state index contributed by atoms with van der Waals surface area (Å²) in [4.78, 5) is 28.2.